The van der Waals surface area contributed by atoms with E-state index < -0.39 is 6.10 Å². The molecule has 1 aliphatic heterocycles. The molecule has 3 N–H and O–H groups in total. The predicted molar refractivity (Wildman–Crippen MR) is 82.8 cm³/mol. The van der Waals surface area contributed by atoms with Crippen molar-refractivity contribution >= 4 is 17.7 Å². The maximum absolute atomic E-state index is 11.8. The molecule has 2 rings (SSSR count). The molecular weight excluding hydrogens is 272 g/mol. The summed E-state index contributed by atoms with van der Waals surface area (Å²) in [7, 11) is 0. The highest BCUT2D eigenvalue weighted by Crippen LogP contribution is 2.19. The van der Waals surface area contributed by atoms with Gasteiger partial charge >= 0.3 is 0 Å². The van der Waals surface area contributed by atoms with Gasteiger partial charge in [0.25, 0.3) is 0 Å². The number of amides is 1. The van der Waals surface area contributed by atoms with Crippen LogP contribution >= 0.6 is 11.8 Å². The zero-order valence-corrected chi connectivity index (χ0v) is 12.4. The Morgan fingerprint density at radius 2 is 2.05 bits per heavy atom. The zero-order valence-electron chi connectivity index (χ0n) is 11.5. The maximum atomic E-state index is 11.8. The zero-order chi connectivity index (χ0) is 14.2. The number of carbonyl (C=O) groups is 1. The number of nitrogens with one attached hydrogen (secondary N) is 2. The minimum atomic E-state index is -0.635. The van der Waals surface area contributed by atoms with Crippen LogP contribution in [0.5, 0.6) is 0 Å². The van der Waals surface area contributed by atoms with E-state index in [1.165, 1.54) is 0 Å². The molecule has 1 fully saturated rings. The SMILES string of the molecule is O=C(CSC1CCNCC1)NCC(O)c1ccccc1. The van der Waals surface area contributed by atoms with Gasteiger partial charge in [0, 0.05) is 11.8 Å². The van der Waals surface area contributed by atoms with E-state index >= 15 is 0 Å². The van der Waals surface area contributed by atoms with E-state index in [0.29, 0.717) is 11.0 Å². The van der Waals surface area contributed by atoms with Crippen molar-refractivity contribution in [2.24, 2.45) is 0 Å². The van der Waals surface area contributed by atoms with Gasteiger partial charge in [-0.2, -0.15) is 0 Å². The van der Waals surface area contributed by atoms with Gasteiger partial charge in [-0.3, -0.25) is 4.79 Å². The van der Waals surface area contributed by atoms with Crippen LogP contribution < -0.4 is 10.6 Å². The predicted octanol–water partition coefficient (Wildman–Crippen LogP) is 1.32. The molecule has 0 spiro atoms. The molecule has 1 atom stereocenters. The molecule has 1 aromatic carbocycles. The summed E-state index contributed by atoms with van der Waals surface area (Å²) in [6.45, 7) is 2.37. The van der Waals surface area contributed by atoms with E-state index in [-0.39, 0.29) is 12.5 Å². The summed E-state index contributed by atoms with van der Waals surface area (Å²) in [5, 5.41) is 16.6. The number of piperidine rings is 1. The molecular formula is C15H22N2O2S. The van der Waals surface area contributed by atoms with E-state index in [4.69, 9.17) is 0 Å². The monoisotopic (exact) mass is 294 g/mol. The molecule has 0 aromatic heterocycles. The number of rotatable bonds is 6. The van der Waals surface area contributed by atoms with Crippen LogP contribution in [-0.2, 0) is 4.79 Å². The van der Waals surface area contributed by atoms with E-state index in [2.05, 4.69) is 10.6 Å². The second-order valence-electron chi connectivity index (χ2n) is 4.99. The summed E-state index contributed by atoms with van der Waals surface area (Å²) in [6, 6.07) is 9.40. The average Bonchev–Trinajstić information content (AvgIpc) is 2.52. The smallest absolute Gasteiger partial charge is 0.230 e. The average molecular weight is 294 g/mol. The van der Waals surface area contributed by atoms with E-state index in [1.54, 1.807) is 11.8 Å². The normalized spacial score (nSPS) is 17.6. The van der Waals surface area contributed by atoms with E-state index in [9.17, 15) is 9.90 Å². The summed E-state index contributed by atoms with van der Waals surface area (Å²) >= 11 is 1.72. The van der Waals surface area contributed by atoms with Crippen LogP contribution in [0.2, 0.25) is 0 Å². The highest BCUT2D eigenvalue weighted by atomic mass is 32.2. The Morgan fingerprint density at radius 3 is 2.75 bits per heavy atom. The van der Waals surface area contributed by atoms with Crippen molar-refractivity contribution in [1.29, 1.82) is 0 Å². The third-order valence-electron chi connectivity index (χ3n) is 3.41. The number of hydrogen-bond acceptors (Lipinski definition) is 4. The summed E-state index contributed by atoms with van der Waals surface area (Å²) in [6.07, 6.45) is 1.62. The van der Waals surface area contributed by atoms with Crippen molar-refractivity contribution in [3.8, 4) is 0 Å². The first-order valence-electron chi connectivity index (χ1n) is 7.08. The first kappa shape index (κ1) is 15.4. The standard InChI is InChI=1S/C15H22N2O2S/c18-14(12-4-2-1-3-5-12)10-17-15(19)11-20-13-6-8-16-9-7-13/h1-5,13-14,16,18H,6-11H2,(H,17,19). The summed E-state index contributed by atoms with van der Waals surface area (Å²) in [4.78, 5) is 11.8. The molecule has 1 aliphatic rings. The van der Waals surface area contributed by atoms with Crippen LogP contribution in [0.1, 0.15) is 24.5 Å². The van der Waals surface area contributed by atoms with Gasteiger partial charge in [0.2, 0.25) is 5.91 Å². The molecule has 1 heterocycles. The number of aliphatic hydroxyl groups is 1. The van der Waals surface area contributed by atoms with Gasteiger partial charge in [0.05, 0.1) is 11.9 Å². The van der Waals surface area contributed by atoms with Crippen molar-refractivity contribution in [3.05, 3.63) is 35.9 Å². The third kappa shape index (κ3) is 5.15. The Kier molecular flexibility index (Phi) is 6.36. The van der Waals surface area contributed by atoms with Crippen molar-refractivity contribution in [2.75, 3.05) is 25.4 Å². The van der Waals surface area contributed by atoms with Gasteiger partial charge in [0.15, 0.2) is 0 Å². The molecule has 5 heteroatoms. The van der Waals surface area contributed by atoms with Crippen LogP contribution in [-0.4, -0.2) is 41.7 Å². The lowest BCUT2D eigenvalue weighted by Crippen LogP contribution is -2.32. The Bertz CT molecular complexity index is 408. The number of thioether (sulfide) groups is 1. The van der Waals surface area contributed by atoms with Crippen molar-refractivity contribution in [2.45, 2.75) is 24.2 Å². The Balaban J connectivity index is 1.64. The molecule has 110 valence electrons. The highest BCUT2D eigenvalue weighted by molar-refractivity contribution is 8.00. The van der Waals surface area contributed by atoms with Crippen LogP contribution in [0.15, 0.2) is 30.3 Å². The number of carbonyl (C=O) groups excluding carboxylic acids is 1. The molecule has 0 radical (unpaired) electrons. The van der Waals surface area contributed by atoms with E-state index in [0.717, 1.165) is 31.5 Å². The van der Waals surface area contributed by atoms with Crippen LogP contribution in [0, 0.1) is 0 Å². The highest BCUT2D eigenvalue weighted by Gasteiger charge is 2.15. The number of hydrogen-bond donors (Lipinski definition) is 3. The van der Waals surface area contributed by atoms with Crippen LogP contribution in [0.4, 0.5) is 0 Å². The van der Waals surface area contributed by atoms with Gasteiger partial charge in [-0.25, -0.2) is 0 Å². The lowest BCUT2D eigenvalue weighted by Gasteiger charge is -2.21. The topological polar surface area (TPSA) is 61.4 Å². The van der Waals surface area contributed by atoms with Gasteiger partial charge in [0.1, 0.15) is 0 Å². The van der Waals surface area contributed by atoms with Crippen molar-refractivity contribution in [3.63, 3.8) is 0 Å². The Hall–Kier alpha value is -1.04. The van der Waals surface area contributed by atoms with Gasteiger partial charge in [-0.05, 0) is 31.5 Å². The molecule has 0 saturated carbocycles. The maximum Gasteiger partial charge on any atom is 0.230 e. The molecule has 1 unspecified atom stereocenters. The second kappa shape index (κ2) is 8.29. The largest absolute Gasteiger partial charge is 0.387 e. The summed E-state index contributed by atoms with van der Waals surface area (Å²) in [5.41, 5.74) is 0.832. The van der Waals surface area contributed by atoms with Crippen LogP contribution in [0.3, 0.4) is 0 Å². The first-order chi connectivity index (χ1) is 9.75. The Labute approximate surface area is 124 Å². The fourth-order valence-electron chi connectivity index (χ4n) is 2.21. The van der Waals surface area contributed by atoms with Gasteiger partial charge in [-0.1, -0.05) is 30.3 Å². The number of benzene rings is 1. The molecule has 20 heavy (non-hydrogen) atoms. The first-order valence-corrected chi connectivity index (χ1v) is 8.12. The summed E-state index contributed by atoms with van der Waals surface area (Å²) in [5.74, 6) is 0.482. The molecule has 1 aromatic rings. The molecule has 1 amide bonds. The molecule has 4 nitrogen and oxygen atoms in total. The van der Waals surface area contributed by atoms with Gasteiger partial charge < -0.3 is 15.7 Å². The Morgan fingerprint density at radius 1 is 1.35 bits per heavy atom. The van der Waals surface area contributed by atoms with Crippen molar-refractivity contribution < 1.29 is 9.90 Å². The summed E-state index contributed by atoms with van der Waals surface area (Å²) < 4.78 is 0. The van der Waals surface area contributed by atoms with Gasteiger partial charge in [-0.15, -0.1) is 11.8 Å². The quantitative estimate of drug-likeness (QED) is 0.740. The molecule has 0 aliphatic carbocycles. The lowest BCUT2D eigenvalue weighted by atomic mass is 10.1. The van der Waals surface area contributed by atoms with Crippen LogP contribution in [0.25, 0.3) is 0 Å². The molecule has 0 bridgehead atoms. The fourth-order valence-corrected chi connectivity index (χ4v) is 3.27. The lowest BCUT2D eigenvalue weighted by molar-refractivity contribution is -0.119. The minimum Gasteiger partial charge on any atom is -0.387 e. The number of aliphatic hydroxyl groups excluding tert-OH is 1. The molecule has 1 saturated heterocycles. The fraction of sp³-hybridized carbons (Fsp3) is 0.533. The second-order valence-corrected chi connectivity index (χ2v) is 6.28. The minimum absolute atomic E-state index is 0.00325. The van der Waals surface area contributed by atoms with E-state index in [1.807, 2.05) is 30.3 Å². The third-order valence-corrected chi connectivity index (χ3v) is 4.78. The van der Waals surface area contributed by atoms with Crippen molar-refractivity contribution in [1.82, 2.24) is 10.6 Å².